The van der Waals surface area contributed by atoms with Gasteiger partial charge in [0.25, 0.3) is 0 Å². The number of aromatic nitrogens is 1. The van der Waals surface area contributed by atoms with E-state index in [1.807, 2.05) is 6.07 Å². The van der Waals surface area contributed by atoms with Crippen molar-refractivity contribution < 1.29 is 8.98 Å². The van der Waals surface area contributed by atoms with Gasteiger partial charge in [-0.15, -0.1) is 0 Å². The second-order valence-electron chi connectivity index (χ2n) is 8.40. The highest BCUT2D eigenvalue weighted by molar-refractivity contribution is 6.13. The molecule has 30 heavy (non-hydrogen) atoms. The van der Waals surface area contributed by atoms with E-state index in [1.165, 1.54) is 33.3 Å². The second-order valence-corrected chi connectivity index (χ2v) is 8.40. The molecule has 2 heterocycles. The number of hydrogen-bond donors (Lipinski definition) is 0. The Morgan fingerprint density at radius 3 is 2.33 bits per heavy atom. The van der Waals surface area contributed by atoms with E-state index in [9.17, 15) is 0 Å². The smallest absolute Gasteiger partial charge is 0.216 e. The van der Waals surface area contributed by atoms with Crippen LogP contribution in [0.2, 0.25) is 0 Å². The number of fused-ring (bicyclic) bond motifs is 3. The zero-order valence-electron chi connectivity index (χ0n) is 17.9. The number of aryl methyl sites for hydroxylation is 2. The average molecular weight is 393 g/mol. The van der Waals surface area contributed by atoms with Gasteiger partial charge in [0, 0.05) is 28.5 Å². The van der Waals surface area contributed by atoms with Crippen LogP contribution in [0.5, 0.6) is 0 Å². The molecular weight excluding hydrogens is 366 g/mol. The third-order valence-corrected chi connectivity index (χ3v) is 6.06. The van der Waals surface area contributed by atoms with Crippen LogP contribution < -0.4 is 4.57 Å². The van der Waals surface area contributed by atoms with Crippen LogP contribution in [0.3, 0.4) is 0 Å². The fraction of sp³-hybridized carbons (Fsp3) is 0.179. The Labute approximate surface area is 177 Å². The van der Waals surface area contributed by atoms with Gasteiger partial charge in [-0.2, -0.15) is 0 Å². The maximum absolute atomic E-state index is 6.65. The third kappa shape index (κ3) is 2.91. The number of hydrogen-bond acceptors (Lipinski definition) is 1. The fourth-order valence-corrected chi connectivity index (χ4v) is 4.32. The summed E-state index contributed by atoms with van der Waals surface area (Å²) in [6.07, 6.45) is 2.15. The lowest BCUT2D eigenvalue weighted by atomic mass is 9.96. The van der Waals surface area contributed by atoms with Crippen LogP contribution >= 0.6 is 0 Å². The molecule has 2 heteroatoms. The van der Waals surface area contributed by atoms with E-state index < -0.39 is 0 Å². The van der Waals surface area contributed by atoms with Gasteiger partial charge in [0.05, 0.1) is 5.56 Å². The van der Waals surface area contributed by atoms with Crippen molar-refractivity contribution in [3.8, 4) is 22.4 Å². The molecule has 0 radical (unpaired) electrons. The summed E-state index contributed by atoms with van der Waals surface area (Å²) in [5, 5.41) is 2.33. The summed E-state index contributed by atoms with van der Waals surface area (Å²) in [5.41, 5.74) is 9.14. The summed E-state index contributed by atoms with van der Waals surface area (Å²) in [6, 6.07) is 25.8. The quantitative estimate of drug-likeness (QED) is 0.297. The highest BCUT2D eigenvalue weighted by Crippen LogP contribution is 2.40. The van der Waals surface area contributed by atoms with E-state index in [0.717, 1.165) is 22.1 Å². The summed E-state index contributed by atoms with van der Waals surface area (Å²) in [4.78, 5) is 0. The maximum atomic E-state index is 6.65. The van der Waals surface area contributed by atoms with E-state index >= 15 is 0 Å². The average Bonchev–Trinajstić information content (AvgIpc) is 3.13. The molecule has 0 N–H and O–H groups in total. The molecule has 0 unspecified atom stereocenters. The first-order chi connectivity index (χ1) is 14.5. The number of para-hydroxylation sites is 1. The maximum Gasteiger partial charge on any atom is 0.216 e. The molecule has 0 bridgehead atoms. The van der Waals surface area contributed by atoms with Gasteiger partial charge in [0.15, 0.2) is 6.20 Å². The van der Waals surface area contributed by atoms with Crippen LogP contribution in [0.4, 0.5) is 0 Å². The molecule has 0 saturated carbocycles. The molecule has 5 rings (SSSR count). The van der Waals surface area contributed by atoms with Gasteiger partial charge in [0.2, 0.25) is 5.69 Å². The van der Waals surface area contributed by atoms with Crippen molar-refractivity contribution >= 4 is 21.9 Å². The molecule has 2 aromatic heterocycles. The molecule has 0 aliphatic rings. The molecule has 0 aliphatic heterocycles. The second kappa shape index (κ2) is 7.14. The predicted molar refractivity (Wildman–Crippen MR) is 125 cm³/mol. The van der Waals surface area contributed by atoms with Gasteiger partial charge in [-0.3, -0.25) is 0 Å². The standard InChI is InChI=1S/C28H26NO/c1-18(2)21-15-16-29(4)25(17-21)26-19(3)13-14-24-23-12-8-11-22(27(23)30-28(24)26)20-9-6-5-7-10-20/h5-18H,1-4H3/q+1. The van der Waals surface area contributed by atoms with Gasteiger partial charge in [-0.05, 0) is 29.5 Å². The summed E-state index contributed by atoms with van der Waals surface area (Å²) in [6.45, 7) is 6.64. The SMILES string of the molecule is Cc1ccc2c(oc3c(-c4ccccc4)cccc32)c1-c1cc(C(C)C)cc[n+]1C. The minimum Gasteiger partial charge on any atom is -0.454 e. The van der Waals surface area contributed by atoms with Gasteiger partial charge >= 0.3 is 0 Å². The molecule has 3 aromatic carbocycles. The predicted octanol–water partition coefficient (Wildman–Crippen LogP) is 7.18. The van der Waals surface area contributed by atoms with E-state index in [-0.39, 0.29) is 0 Å². The van der Waals surface area contributed by atoms with Crippen LogP contribution in [-0.4, -0.2) is 0 Å². The van der Waals surface area contributed by atoms with Crippen molar-refractivity contribution in [1.82, 2.24) is 0 Å². The Hall–Kier alpha value is -3.39. The highest BCUT2D eigenvalue weighted by atomic mass is 16.3. The van der Waals surface area contributed by atoms with Crippen molar-refractivity contribution in [1.29, 1.82) is 0 Å². The Bertz CT molecular complexity index is 1380. The lowest BCUT2D eigenvalue weighted by Crippen LogP contribution is -2.31. The molecule has 0 spiro atoms. The summed E-state index contributed by atoms with van der Waals surface area (Å²) in [7, 11) is 2.11. The van der Waals surface area contributed by atoms with Crippen LogP contribution in [-0.2, 0) is 7.05 Å². The minimum atomic E-state index is 0.477. The van der Waals surface area contributed by atoms with Crippen LogP contribution in [0.15, 0.2) is 83.4 Å². The molecule has 0 fully saturated rings. The molecular formula is C28H26NO+. The summed E-state index contributed by atoms with van der Waals surface area (Å²) < 4.78 is 8.84. The normalized spacial score (nSPS) is 11.6. The molecule has 5 aromatic rings. The first-order valence-electron chi connectivity index (χ1n) is 10.5. The first kappa shape index (κ1) is 18.6. The topological polar surface area (TPSA) is 17.0 Å². The summed E-state index contributed by atoms with van der Waals surface area (Å²) in [5.74, 6) is 0.477. The van der Waals surface area contributed by atoms with Crippen molar-refractivity contribution in [2.75, 3.05) is 0 Å². The van der Waals surface area contributed by atoms with Crippen LogP contribution in [0, 0.1) is 6.92 Å². The van der Waals surface area contributed by atoms with Crippen LogP contribution in [0.1, 0.15) is 30.9 Å². The van der Waals surface area contributed by atoms with Gasteiger partial charge < -0.3 is 4.42 Å². The zero-order valence-corrected chi connectivity index (χ0v) is 17.9. The molecule has 2 nitrogen and oxygen atoms in total. The molecule has 0 saturated heterocycles. The van der Waals surface area contributed by atoms with Gasteiger partial charge in [-0.1, -0.05) is 74.5 Å². The molecule has 0 atom stereocenters. The summed E-state index contributed by atoms with van der Waals surface area (Å²) >= 11 is 0. The van der Waals surface area contributed by atoms with E-state index in [2.05, 4.69) is 105 Å². The Kier molecular flexibility index (Phi) is 4.43. The van der Waals surface area contributed by atoms with E-state index in [4.69, 9.17) is 4.42 Å². The number of rotatable bonds is 3. The van der Waals surface area contributed by atoms with Crippen molar-refractivity contribution in [2.45, 2.75) is 26.7 Å². The fourth-order valence-electron chi connectivity index (χ4n) is 4.32. The largest absolute Gasteiger partial charge is 0.454 e. The zero-order chi connectivity index (χ0) is 20.8. The lowest BCUT2D eigenvalue weighted by Gasteiger charge is -2.09. The highest BCUT2D eigenvalue weighted by Gasteiger charge is 2.22. The Morgan fingerprint density at radius 1 is 0.800 bits per heavy atom. The first-order valence-corrected chi connectivity index (χ1v) is 10.5. The third-order valence-electron chi connectivity index (χ3n) is 6.06. The molecule has 0 amide bonds. The number of benzene rings is 3. The molecule has 148 valence electrons. The lowest BCUT2D eigenvalue weighted by molar-refractivity contribution is -0.660. The Balaban J connectivity index is 1.85. The van der Waals surface area contributed by atoms with Gasteiger partial charge in [-0.25, -0.2) is 4.57 Å². The number of furan rings is 1. The van der Waals surface area contributed by atoms with Gasteiger partial charge in [0.1, 0.15) is 18.2 Å². The monoisotopic (exact) mass is 392 g/mol. The van der Waals surface area contributed by atoms with Crippen molar-refractivity contribution in [2.24, 2.45) is 7.05 Å². The number of pyridine rings is 1. The van der Waals surface area contributed by atoms with Crippen molar-refractivity contribution in [3.05, 3.63) is 90.1 Å². The number of nitrogens with zero attached hydrogens (tertiary/aromatic N) is 1. The van der Waals surface area contributed by atoms with Crippen LogP contribution in [0.25, 0.3) is 44.3 Å². The van der Waals surface area contributed by atoms with E-state index in [1.54, 1.807) is 0 Å². The van der Waals surface area contributed by atoms with E-state index in [0.29, 0.717) is 5.92 Å². The van der Waals surface area contributed by atoms with Crippen molar-refractivity contribution in [3.63, 3.8) is 0 Å². The minimum absolute atomic E-state index is 0.477. The molecule has 0 aliphatic carbocycles. The Morgan fingerprint density at radius 2 is 1.57 bits per heavy atom.